The molecule has 0 aliphatic heterocycles. The van der Waals surface area contributed by atoms with E-state index in [0.29, 0.717) is 6.54 Å². The van der Waals surface area contributed by atoms with Crippen molar-refractivity contribution in [1.29, 1.82) is 0 Å². The van der Waals surface area contributed by atoms with Crippen LogP contribution in [0.25, 0.3) is 0 Å². The maximum atomic E-state index is 10.7. The highest BCUT2D eigenvalue weighted by atomic mass is 32.1. The first kappa shape index (κ1) is 8.89. The number of thiazole rings is 1. The molecule has 2 aromatic heterocycles. The smallest absolute Gasteiger partial charge is 0.269 e. The summed E-state index contributed by atoms with van der Waals surface area (Å²) in [7, 11) is 0. The van der Waals surface area contributed by atoms with Crippen molar-refractivity contribution in [3.63, 3.8) is 0 Å². The van der Waals surface area contributed by atoms with E-state index in [1.165, 1.54) is 11.3 Å². The maximum absolute atomic E-state index is 10.7. The number of rotatable bonds is 3. The molecule has 0 fully saturated rings. The van der Waals surface area contributed by atoms with Crippen LogP contribution in [-0.2, 0) is 6.54 Å². The zero-order valence-corrected chi connectivity index (χ0v) is 8.07. The first-order chi connectivity index (χ1) is 6.75. The molecule has 0 aliphatic carbocycles. The average Bonchev–Trinajstić information content (AvgIpc) is 2.75. The number of carbonyl (C=O) groups is 1. The number of nitrogens with two attached hydrogens (primary N) is 1. The van der Waals surface area contributed by atoms with Crippen LogP contribution in [0.5, 0.6) is 0 Å². The Morgan fingerprint density at radius 2 is 2.50 bits per heavy atom. The predicted molar refractivity (Wildman–Crippen MR) is 52.0 cm³/mol. The van der Waals surface area contributed by atoms with Crippen LogP contribution in [0.4, 0.5) is 0 Å². The second-order valence-corrected chi connectivity index (χ2v) is 3.46. The van der Waals surface area contributed by atoms with Crippen molar-refractivity contribution in [2.24, 2.45) is 5.73 Å². The topological polar surface area (TPSA) is 73.8 Å². The molecule has 1 amide bonds. The molecule has 0 aliphatic rings. The monoisotopic (exact) mass is 208 g/mol. The molecular weight excluding hydrogens is 200 g/mol. The van der Waals surface area contributed by atoms with Crippen molar-refractivity contribution in [1.82, 2.24) is 14.8 Å². The summed E-state index contributed by atoms with van der Waals surface area (Å²) in [4.78, 5) is 14.9. The van der Waals surface area contributed by atoms with Gasteiger partial charge in [-0.05, 0) is 6.07 Å². The number of amides is 1. The van der Waals surface area contributed by atoms with Crippen molar-refractivity contribution >= 4 is 17.2 Å². The highest BCUT2D eigenvalue weighted by Crippen LogP contribution is 2.03. The molecule has 2 aromatic rings. The Hall–Kier alpha value is -1.69. The van der Waals surface area contributed by atoms with Gasteiger partial charge in [0.1, 0.15) is 5.69 Å². The first-order valence-electron chi connectivity index (χ1n) is 3.96. The number of nitrogens with zero attached hydrogens (tertiary/aromatic N) is 3. The van der Waals surface area contributed by atoms with E-state index in [4.69, 9.17) is 5.73 Å². The molecule has 2 rings (SSSR count). The number of hydrogen-bond acceptors (Lipinski definition) is 4. The summed E-state index contributed by atoms with van der Waals surface area (Å²) in [5.41, 5.74) is 8.03. The van der Waals surface area contributed by atoms with Gasteiger partial charge in [-0.1, -0.05) is 0 Å². The molecule has 0 saturated carbocycles. The van der Waals surface area contributed by atoms with E-state index in [1.807, 2.05) is 5.38 Å². The van der Waals surface area contributed by atoms with Crippen molar-refractivity contribution in [3.8, 4) is 0 Å². The fourth-order valence-corrected chi connectivity index (χ4v) is 1.61. The Bertz CT molecular complexity index is 434. The fraction of sp³-hybridized carbons (Fsp3) is 0.125. The molecule has 6 heteroatoms. The zero-order chi connectivity index (χ0) is 9.97. The molecule has 72 valence electrons. The molecule has 2 heterocycles. The molecule has 5 nitrogen and oxygen atoms in total. The number of primary amides is 1. The van der Waals surface area contributed by atoms with E-state index in [1.54, 1.807) is 22.5 Å². The van der Waals surface area contributed by atoms with Crippen LogP contribution in [0.3, 0.4) is 0 Å². The van der Waals surface area contributed by atoms with E-state index < -0.39 is 5.91 Å². The second-order valence-electron chi connectivity index (χ2n) is 2.74. The van der Waals surface area contributed by atoms with Gasteiger partial charge in [0.25, 0.3) is 5.91 Å². The van der Waals surface area contributed by atoms with Gasteiger partial charge in [0.2, 0.25) is 0 Å². The van der Waals surface area contributed by atoms with Crippen molar-refractivity contribution < 1.29 is 4.79 Å². The van der Waals surface area contributed by atoms with Gasteiger partial charge < -0.3 is 5.73 Å². The van der Waals surface area contributed by atoms with Crippen LogP contribution < -0.4 is 5.73 Å². The van der Waals surface area contributed by atoms with Gasteiger partial charge in [0, 0.05) is 11.6 Å². The molecule has 0 saturated heterocycles. The summed E-state index contributed by atoms with van der Waals surface area (Å²) < 4.78 is 1.63. The van der Waals surface area contributed by atoms with Crippen LogP contribution in [0, 0.1) is 0 Å². The molecular formula is C8H8N4OS. The van der Waals surface area contributed by atoms with Gasteiger partial charge in [-0.25, -0.2) is 4.98 Å². The third kappa shape index (κ3) is 1.80. The quantitative estimate of drug-likeness (QED) is 0.797. The molecule has 0 aromatic carbocycles. The van der Waals surface area contributed by atoms with E-state index in [2.05, 4.69) is 10.1 Å². The van der Waals surface area contributed by atoms with Gasteiger partial charge in [-0.2, -0.15) is 5.10 Å². The Balaban J connectivity index is 2.14. The summed E-state index contributed by atoms with van der Waals surface area (Å²) in [5.74, 6) is -0.512. The minimum Gasteiger partial charge on any atom is -0.364 e. The molecule has 0 spiro atoms. The minimum absolute atomic E-state index is 0.278. The standard InChI is InChI=1S/C8H8N4OS/c9-8(13)7-1-2-12(11-7)3-6-4-14-5-10-6/h1-2,4-5H,3H2,(H2,9,13). The van der Waals surface area contributed by atoms with Crippen molar-refractivity contribution in [3.05, 3.63) is 34.5 Å². The van der Waals surface area contributed by atoms with E-state index in [9.17, 15) is 4.79 Å². The zero-order valence-electron chi connectivity index (χ0n) is 7.25. The average molecular weight is 208 g/mol. The maximum Gasteiger partial charge on any atom is 0.269 e. The predicted octanol–water partition coefficient (Wildman–Crippen LogP) is 0.487. The number of carbonyl (C=O) groups excluding carboxylic acids is 1. The lowest BCUT2D eigenvalue weighted by Crippen LogP contribution is -2.12. The Morgan fingerprint density at radius 1 is 1.64 bits per heavy atom. The third-order valence-corrected chi connectivity index (χ3v) is 2.34. The third-order valence-electron chi connectivity index (χ3n) is 1.70. The van der Waals surface area contributed by atoms with E-state index in [0.717, 1.165) is 5.69 Å². The minimum atomic E-state index is -0.512. The van der Waals surface area contributed by atoms with E-state index in [-0.39, 0.29) is 5.69 Å². The molecule has 0 bridgehead atoms. The lowest BCUT2D eigenvalue weighted by Gasteiger charge is -1.95. The first-order valence-corrected chi connectivity index (χ1v) is 4.90. The largest absolute Gasteiger partial charge is 0.364 e. The fourth-order valence-electron chi connectivity index (χ4n) is 1.06. The van der Waals surface area contributed by atoms with Crippen LogP contribution >= 0.6 is 11.3 Å². The van der Waals surface area contributed by atoms with Gasteiger partial charge in [-0.3, -0.25) is 9.48 Å². The van der Waals surface area contributed by atoms with Crippen molar-refractivity contribution in [2.45, 2.75) is 6.54 Å². The van der Waals surface area contributed by atoms with Crippen LogP contribution in [0.2, 0.25) is 0 Å². The van der Waals surface area contributed by atoms with E-state index >= 15 is 0 Å². The Kier molecular flexibility index (Phi) is 2.28. The normalized spacial score (nSPS) is 10.3. The highest BCUT2D eigenvalue weighted by molar-refractivity contribution is 7.07. The molecule has 2 N–H and O–H groups in total. The highest BCUT2D eigenvalue weighted by Gasteiger charge is 2.04. The molecule has 0 atom stereocenters. The molecule has 14 heavy (non-hydrogen) atoms. The Labute approximate surface area is 84.2 Å². The van der Waals surface area contributed by atoms with Gasteiger partial charge in [0.15, 0.2) is 0 Å². The molecule has 0 unspecified atom stereocenters. The molecule has 0 radical (unpaired) electrons. The van der Waals surface area contributed by atoms with Crippen molar-refractivity contribution in [2.75, 3.05) is 0 Å². The lowest BCUT2D eigenvalue weighted by molar-refractivity contribution is 0.0995. The summed E-state index contributed by atoms with van der Waals surface area (Å²) in [5, 5.41) is 5.93. The summed E-state index contributed by atoms with van der Waals surface area (Å²) in [6.07, 6.45) is 1.71. The van der Waals surface area contributed by atoms with Crippen LogP contribution in [-0.4, -0.2) is 20.7 Å². The van der Waals surface area contributed by atoms with Crippen LogP contribution in [0.15, 0.2) is 23.2 Å². The number of hydrogen-bond donors (Lipinski definition) is 1. The summed E-state index contributed by atoms with van der Waals surface area (Å²) >= 11 is 1.53. The summed E-state index contributed by atoms with van der Waals surface area (Å²) in [6.45, 7) is 0.566. The van der Waals surface area contributed by atoms with Gasteiger partial charge in [-0.15, -0.1) is 11.3 Å². The lowest BCUT2D eigenvalue weighted by atomic mass is 10.4. The summed E-state index contributed by atoms with van der Waals surface area (Å²) in [6, 6.07) is 1.59. The Morgan fingerprint density at radius 3 is 3.07 bits per heavy atom. The van der Waals surface area contributed by atoms with Crippen LogP contribution in [0.1, 0.15) is 16.2 Å². The van der Waals surface area contributed by atoms with Gasteiger partial charge in [0.05, 0.1) is 17.7 Å². The number of aromatic nitrogens is 3. The SMILES string of the molecule is NC(=O)c1ccn(Cc2cscn2)n1. The van der Waals surface area contributed by atoms with Gasteiger partial charge >= 0.3 is 0 Å². The second kappa shape index (κ2) is 3.59.